The van der Waals surface area contributed by atoms with Gasteiger partial charge in [-0.2, -0.15) is 0 Å². The van der Waals surface area contributed by atoms with Crippen LogP contribution in [0.1, 0.15) is 23.7 Å². The molecule has 1 fully saturated rings. The first-order valence-corrected chi connectivity index (χ1v) is 11.4. The highest BCUT2D eigenvalue weighted by Gasteiger charge is 2.48. The number of esters is 1. The molecular weight excluding hydrogens is 451 g/mol. The molecule has 2 aromatic carbocycles. The molecule has 0 aliphatic carbocycles. The number of hydrogen-bond acceptors (Lipinski definition) is 6. The molecule has 182 valence electrons. The zero-order chi connectivity index (χ0) is 24.8. The summed E-state index contributed by atoms with van der Waals surface area (Å²) < 4.78 is 29.8. The van der Waals surface area contributed by atoms with E-state index in [2.05, 4.69) is 4.98 Å². The number of hydrogen-bond donors (Lipinski definition) is 0. The van der Waals surface area contributed by atoms with Gasteiger partial charge in [-0.3, -0.25) is 14.6 Å². The molecule has 4 rings (SSSR count). The maximum Gasteiger partial charge on any atom is 0.317 e. The third-order valence-corrected chi connectivity index (χ3v) is 6.08. The molecule has 0 spiro atoms. The molecule has 1 unspecified atom stereocenters. The summed E-state index contributed by atoms with van der Waals surface area (Å²) in [7, 11) is 1.52. The fraction of sp³-hybridized carbons (Fsp3) is 0.296. The monoisotopic (exact) mass is 478 g/mol. The van der Waals surface area contributed by atoms with Gasteiger partial charge in [0.1, 0.15) is 29.3 Å². The molecule has 1 atom stereocenters. The third kappa shape index (κ3) is 5.26. The number of likely N-dealkylation sites (tertiary alicyclic amines) is 1. The summed E-state index contributed by atoms with van der Waals surface area (Å²) in [5.74, 6) is 0.0432. The SMILES string of the molecule is CCOC(=O)C1(COc2ccc(-c3ccc(F)cc3)nc2)CCN(C(=O)c2ccccc2OC)C1. The number of benzene rings is 2. The molecule has 1 aliphatic rings. The molecule has 1 aromatic heterocycles. The van der Waals surface area contributed by atoms with Gasteiger partial charge < -0.3 is 19.1 Å². The number of methoxy groups -OCH3 is 1. The van der Waals surface area contributed by atoms with Crippen molar-refractivity contribution in [3.05, 3.63) is 78.2 Å². The number of nitrogens with zero attached hydrogens (tertiary/aromatic N) is 2. The third-order valence-electron chi connectivity index (χ3n) is 6.08. The largest absolute Gasteiger partial charge is 0.496 e. The van der Waals surface area contributed by atoms with Crippen molar-refractivity contribution < 1.29 is 28.2 Å². The zero-order valence-corrected chi connectivity index (χ0v) is 19.7. The molecule has 0 saturated carbocycles. The Labute approximate surface area is 203 Å². The molecule has 0 N–H and O–H groups in total. The van der Waals surface area contributed by atoms with Gasteiger partial charge in [-0.25, -0.2) is 4.39 Å². The number of rotatable bonds is 8. The van der Waals surface area contributed by atoms with Gasteiger partial charge in [0.15, 0.2) is 0 Å². The maximum absolute atomic E-state index is 13.2. The van der Waals surface area contributed by atoms with Gasteiger partial charge in [0.25, 0.3) is 5.91 Å². The molecule has 35 heavy (non-hydrogen) atoms. The van der Waals surface area contributed by atoms with E-state index in [0.29, 0.717) is 35.7 Å². The van der Waals surface area contributed by atoms with Crippen LogP contribution in [0, 0.1) is 11.2 Å². The van der Waals surface area contributed by atoms with E-state index in [-0.39, 0.29) is 31.5 Å². The summed E-state index contributed by atoms with van der Waals surface area (Å²) in [5, 5.41) is 0. The zero-order valence-electron chi connectivity index (χ0n) is 19.7. The quantitative estimate of drug-likeness (QED) is 0.448. The van der Waals surface area contributed by atoms with E-state index in [4.69, 9.17) is 14.2 Å². The minimum absolute atomic E-state index is 0.0408. The van der Waals surface area contributed by atoms with Crippen LogP contribution in [0.5, 0.6) is 11.5 Å². The Hall–Kier alpha value is -3.94. The van der Waals surface area contributed by atoms with E-state index in [9.17, 15) is 14.0 Å². The lowest BCUT2D eigenvalue weighted by Crippen LogP contribution is -2.42. The van der Waals surface area contributed by atoms with Crippen molar-refractivity contribution in [1.29, 1.82) is 0 Å². The molecule has 3 aromatic rings. The minimum Gasteiger partial charge on any atom is -0.496 e. The maximum atomic E-state index is 13.2. The average molecular weight is 479 g/mol. The number of halogens is 1. The van der Waals surface area contributed by atoms with E-state index in [1.54, 1.807) is 66.6 Å². The average Bonchev–Trinajstić information content (AvgIpc) is 3.34. The summed E-state index contributed by atoms with van der Waals surface area (Å²) in [6, 6.07) is 16.6. The Morgan fingerprint density at radius 1 is 1.09 bits per heavy atom. The van der Waals surface area contributed by atoms with E-state index in [0.717, 1.165) is 5.56 Å². The smallest absolute Gasteiger partial charge is 0.317 e. The normalized spacial score (nSPS) is 17.2. The first-order chi connectivity index (χ1) is 17.0. The lowest BCUT2D eigenvalue weighted by molar-refractivity contribution is -0.156. The van der Waals surface area contributed by atoms with Gasteiger partial charge in [0.2, 0.25) is 0 Å². The number of carbonyl (C=O) groups is 2. The second-order valence-corrected chi connectivity index (χ2v) is 8.35. The summed E-state index contributed by atoms with van der Waals surface area (Å²) in [4.78, 5) is 32.2. The van der Waals surface area contributed by atoms with E-state index >= 15 is 0 Å². The Balaban J connectivity index is 1.48. The van der Waals surface area contributed by atoms with Gasteiger partial charge in [-0.05, 0) is 61.9 Å². The number of ether oxygens (including phenoxy) is 3. The highest BCUT2D eigenvalue weighted by Crippen LogP contribution is 2.35. The van der Waals surface area contributed by atoms with E-state index in [1.165, 1.54) is 19.2 Å². The van der Waals surface area contributed by atoms with E-state index in [1.807, 2.05) is 0 Å². The number of para-hydroxylation sites is 1. The Morgan fingerprint density at radius 3 is 2.54 bits per heavy atom. The summed E-state index contributed by atoms with van der Waals surface area (Å²) in [5.41, 5.74) is 0.897. The highest BCUT2D eigenvalue weighted by molar-refractivity contribution is 5.97. The highest BCUT2D eigenvalue weighted by atomic mass is 19.1. The molecule has 0 bridgehead atoms. The predicted molar refractivity (Wildman–Crippen MR) is 128 cm³/mol. The Kier molecular flexibility index (Phi) is 7.29. The Bertz CT molecular complexity index is 1180. The number of carbonyl (C=O) groups excluding carboxylic acids is 2. The summed E-state index contributed by atoms with van der Waals surface area (Å²) in [6.07, 6.45) is 1.97. The van der Waals surface area contributed by atoms with Crippen LogP contribution in [-0.4, -0.2) is 55.2 Å². The first kappa shape index (κ1) is 24.2. The van der Waals surface area contributed by atoms with Crippen molar-refractivity contribution in [2.75, 3.05) is 33.4 Å². The van der Waals surface area contributed by atoms with Crippen LogP contribution in [0.2, 0.25) is 0 Å². The molecule has 1 saturated heterocycles. The van der Waals surface area contributed by atoms with Crippen LogP contribution in [0.3, 0.4) is 0 Å². The topological polar surface area (TPSA) is 78.0 Å². The van der Waals surface area contributed by atoms with Crippen LogP contribution in [0.25, 0.3) is 11.3 Å². The second kappa shape index (κ2) is 10.5. The van der Waals surface area contributed by atoms with Crippen LogP contribution >= 0.6 is 0 Å². The summed E-state index contributed by atoms with van der Waals surface area (Å²) >= 11 is 0. The molecule has 1 aliphatic heterocycles. The number of pyridine rings is 1. The van der Waals surface area contributed by atoms with Crippen molar-refractivity contribution in [3.8, 4) is 22.8 Å². The van der Waals surface area contributed by atoms with Crippen LogP contribution in [-0.2, 0) is 9.53 Å². The fourth-order valence-corrected chi connectivity index (χ4v) is 4.14. The number of aromatic nitrogens is 1. The molecular formula is C27H27FN2O5. The van der Waals surface area contributed by atoms with Crippen molar-refractivity contribution in [1.82, 2.24) is 9.88 Å². The van der Waals surface area contributed by atoms with Crippen molar-refractivity contribution in [2.45, 2.75) is 13.3 Å². The number of amides is 1. The molecule has 7 nitrogen and oxygen atoms in total. The minimum atomic E-state index is -0.997. The predicted octanol–water partition coefficient (Wildman–Crippen LogP) is 4.37. The van der Waals surface area contributed by atoms with Crippen LogP contribution < -0.4 is 9.47 Å². The Morgan fingerprint density at radius 2 is 1.86 bits per heavy atom. The molecule has 1 amide bonds. The van der Waals surface area contributed by atoms with Gasteiger partial charge in [-0.1, -0.05) is 12.1 Å². The van der Waals surface area contributed by atoms with Crippen molar-refractivity contribution in [3.63, 3.8) is 0 Å². The molecule has 2 heterocycles. The fourth-order valence-electron chi connectivity index (χ4n) is 4.14. The van der Waals surface area contributed by atoms with Crippen molar-refractivity contribution in [2.24, 2.45) is 5.41 Å². The van der Waals surface area contributed by atoms with Gasteiger partial charge in [-0.15, -0.1) is 0 Å². The lowest BCUT2D eigenvalue weighted by Gasteiger charge is -2.27. The van der Waals surface area contributed by atoms with Gasteiger partial charge in [0, 0.05) is 18.7 Å². The first-order valence-electron chi connectivity index (χ1n) is 11.4. The van der Waals surface area contributed by atoms with Crippen molar-refractivity contribution >= 4 is 11.9 Å². The standard InChI is InChI=1S/C27H27FN2O5/c1-3-34-26(32)27(14-15-30(17-27)25(31)22-6-4-5-7-24(22)33-2)18-35-21-12-13-23(29-16-21)19-8-10-20(28)11-9-19/h4-13,16H,3,14-15,17-18H2,1-2H3. The second-order valence-electron chi connectivity index (χ2n) is 8.35. The lowest BCUT2D eigenvalue weighted by atomic mass is 9.88. The molecule has 0 radical (unpaired) electrons. The summed E-state index contributed by atoms with van der Waals surface area (Å²) in [6.45, 7) is 2.58. The van der Waals surface area contributed by atoms with E-state index < -0.39 is 11.4 Å². The molecule has 8 heteroatoms. The van der Waals surface area contributed by atoms with Crippen LogP contribution in [0.4, 0.5) is 4.39 Å². The van der Waals surface area contributed by atoms with Crippen LogP contribution in [0.15, 0.2) is 66.9 Å². The van der Waals surface area contributed by atoms with Gasteiger partial charge in [0.05, 0.1) is 31.2 Å². The van der Waals surface area contributed by atoms with Gasteiger partial charge >= 0.3 is 5.97 Å².